The summed E-state index contributed by atoms with van der Waals surface area (Å²) >= 11 is 1.15. The molecule has 1 unspecified atom stereocenters. The minimum Gasteiger partial charge on any atom is -0.480 e. The van der Waals surface area contributed by atoms with Crippen LogP contribution >= 0.6 is 11.8 Å². The number of nitrogens with two attached hydrogens (primary N) is 1. The highest BCUT2D eigenvalue weighted by molar-refractivity contribution is 7.99. The Bertz CT molecular complexity index is 264. The molecule has 9 heteroatoms. The number of aliphatic hydroxyl groups excluding tert-OH is 2. The number of carboxylic acids is 1. The normalized spacial score (nSPS) is 16.0. The molecule has 0 bridgehead atoms. The van der Waals surface area contributed by atoms with Crippen LogP contribution in [0.15, 0.2) is 0 Å². The molecule has 0 rings (SSSR count). The van der Waals surface area contributed by atoms with E-state index in [1.165, 1.54) is 5.48 Å². The van der Waals surface area contributed by atoms with Gasteiger partial charge in [-0.3, -0.25) is 14.8 Å². The predicted octanol–water partition coefficient (Wildman–Crippen LogP) is -2.25. The van der Waals surface area contributed by atoms with Gasteiger partial charge in [-0.25, -0.2) is 5.48 Å². The number of carbonyl (C=O) groups excluding carboxylic acids is 1. The zero-order valence-corrected chi connectivity index (χ0v) is 9.76. The van der Waals surface area contributed by atoms with Crippen molar-refractivity contribution < 1.29 is 30.1 Å². The molecule has 0 aromatic rings. The van der Waals surface area contributed by atoms with E-state index in [4.69, 9.17) is 21.2 Å². The second kappa shape index (κ2) is 8.25. The molecule has 8 nitrogen and oxygen atoms in total. The van der Waals surface area contributed by atoms with E-state index in [2.05, 4.69) is 0 Å². The van der Waals surface area contributed by atoms with E-state index in [0.717, 1.165) is 11.8 Å². The number of hydrogen-bond acceptors (Lipinski definition) is 7. The summed E-state index contributed by atoms with van der Waals surface area (Å²) in [6.07, 6.45) is -2.84. The number of aliphatic hydroxyl groups is 2. The number of aliphatic carboxylic acids is 1. The first kappa shape index (κ1) is 16.1. The summed E-state index contributed by atoms with van der Waals surface area (Å²) in [5, 5.41) is 35.1. The van der Waals surface area contributed by atoms with Crippen LogP contribution in [-0.2, 0) is 9.59 Å². The number of amides is 1. The van der Waals surface area contributed by atoms with Gasteiger partial charge >= 0.3 is 5.97 Å². The van der Waals surface area contributed by atoms with Crippen LogP contribution in [0.25, 0.3) is 0 Å². The van der Waals surface area contributed by atoms with Crippen molar-refractivity contribution in [1.29, 1.82) is 0 Å². The molecule has 0 aromatic carbocycles. The van der Waals surface area contributed by atoms with E-state index in [1.807, 2.05) is 0 Å². The van der Waals surface area contributed by atoms with Gasteiger partial charge < -0.3 is 21.1 Å². The molecular weight excluding hydrogens is 252 g/mol. The third-order valence-electron chi connectivity index (χ3n) is 1.92. The van der Waals surface area contributed by atoms with E-state index in [9.17, 15) is 14.7 Å². The molecule has 0 aliphatic carbocycles. The van der Waals surface area contributed by atoms with E-state index in [1.54, 1.807) is 0 Å². The third-order valence-corrected chi connectivity index (χ3v) is 3.02. The summed E-state index contributed by atoms with van der Waals surface area (Å²) in [5.74, 6) is -1.80. The Balaban J connectivity index is 3.75. The molecule has 0 spiro atoms. The number of nitrogens with one attached hydrogen (secondary N) is 1. The van der Waals surface area contributed by atoms with Gasteiger partial charge in [-0.15, -0.1) is 0 Å². The quantitative estimate of drug-likeness (QED) is 0.164. The van der Waals surface area contributed by atoms with Crippen LogP contribution in [0.2, 0.25) is 0 Å². The Labute approximate surface area is 102 Å². The lowest BCUT2D eigenvalue weighted by Crippen LogP contribution is -2.42. The lowest BCUT2D eigenvalue weighted by atomic mass is 10.2. The van der Waals surface area contributed by atoms with Gasteiger partial charge in [0.25, 0.3) is 5.91 Å². The molecule has 0 aliphatic heterocycles. The van der Waals surface area contributed by atoms with Crippen LogP contribution in [0.1, 0.15) is 6.42 Å². The van der Waals surface area contributed by atoms with Gasteiger partial charge in [0.15, 0.2) is 6.10 Å². The number of rotatable bonds is 8. The van der Waals surface area contributed by atoms with Crippen molar-refractivity contribution in [3.8, 4) is 0 Å². The average Bonchev–Trinajstić information content (AvgIpc) is 2.31. The molecule has 3 atom stereocenters. The fourth-order valence-corrected chi connectivity index (χ4v) is 1.88. The Kier molecular flexibility index (Phi) is 7.83. The minimum absolute atomic E-state index is 0.0287. The second-order valence-corrected chi connectivity index (χ2v) is 4.45. The van der Waals surface area contributed by atoms with Crippen molar-refractivity contribution in [2.45, 2.75) is 24.7 Å². The molecule has 0 heterocycles. The predicted molar refractivity (Wildman–Crippen MR) is 59.5 cm³/mol. The maximum absolute atomic E-state index is 10.7. The maximum Gasteiger partial charge on any atom is 0.320 e. The van der Waals surface area contributed by atoms with Crippen LogP contribution in [0, 0.1) is 0 Å². The summed E-state index contributed by atoms with van der Waals surface area (Å²) in [7, 11) is 0. The monoisotopic (exact) mass is 268 g/mol. The lowest BCUT2D eigenvalue weighted by Gasteiger charge is -2.15. The molecule has 0 fully saturated rings. The van der Waals surface area contributed by atoms with Crippen LogP contribution in [-0.4, -0.2) is 62.2 Å². The Hall–Kier alpha value is -0.870. The zero-order valence-electron chi connectivity index (χ0n) is 8.94. The van der Waals surface area contributed by atoms with Gasteiger partial charge in [0, 0.05) is 5.75 Å². The number of carboxylic acid groups (broad SMARTS) is 1. The summed E-state index contributed by atoms with van der Waals surface area (Å²) in [6.45, 7) is 0. The van der Waals surface area contributed by atoms with Gasteiger partial charge in [0.05, 0.1) is 6.10 Å². The standard InChI is InChI=1S/C8H16N2O6S/c9-4(8(14)15)1-2-17-3-5(11)6(12)7(13)10-16/h4-6,11-12,16H,1-3,9H2,(H,10,13)(H,14,15)/t4?,5-,6-/m1/s1. The molecule has 0 saturated heterocycles. The van der Waals surface area contributed by atoms with Crippen LogP contribution in [0.3, 0.4) is 0 Å². The Morgan fingerprint density at radius 2 is 1.94 bits per heavy atom. The second-order valence-electron chi connectivity index (χ2n) is 3.30. The lowest BCUT2D eigenvalue weighted by molar-refractivity contribution is -0.142. The molecular formula is C8H16N2O6S. The van der Waals surface area contributed by atoms with Gasteiger partial charge in [-0.2, -0.15) is 11.8 Å². The maximum atomic E-state index is 10.7. The van der Waals surface area contributed by atoms with Crippen molar-refractivity contribution in [2.24, 2.45) is 5.73 Å². The minimum atomic E-state index is -1.72. The summed E-state index contributed by atoms with van der Waals surface area (Å²) in [4.78, 5) is 21.1. The van der Waals surface area contributed by atoms with E-state index in [-0.39, 0.29) is 12.2 Å². The highest BCUT2D eigenvalue weighted by Crippen LogP contribution is 2.09. The first-order valence-electron chi connectivity index (χ1n) is 4.76. The number of hydrogen-bond donors (Lipinski definition) is 6. The number of hydroxylamine groups is 1. The Morgan fingerprint density at radius 1 is 1.35 bits per heavy atom. The molecule has 100 valence electrons. The highest BCUT2D eigenvalue weighted by Gasteiger charge is 2.23. The SMILES string of the molecule is NC(CCSC[C@@H](O)[C@@H](O)C(=O)NO)C(=O)O. The third kappa shape index (κ3) is 6.44. The van der Waals surface area contributed by atoms with Crippen LogP contribution in [0.5, 0.6) is 0 Å². The van der Waals surface area contributed by atoms with Gasteiger partial charge in [-0.1, -0.05) is 0 Å². The first-order valence-corrected chi connectivity index (χ1v) is 5.91. The van der Waals surface area contributed by atoms with Crippen LogP contribution in [0.4, 0.5) is 0 Å². The number of thioether (sulfide) groups is 1. The summed E-state index contributed by atoms with van der Waals surface area (Å²) in [6, 6.07) is -0.967. The average molecular weight is 268 g/mol. The zero-order chi connectivity index (χ0) is 13.4. The van der Waals surface area contributed by atoms with Gasteiger partial charge in [0.2, 0.25) is 0 Å². The molecule has 0 saturated carbocycles. The molecule has 17 heavy (non-hydrogen) atoms. The van der Waals surface area contributed by atoms with Crippen molar-refractivity contribution in [2.75, 3.05) is 11.5 Å². The largest absolute Gasteiger partial charge is 0.480 e. The van der Waals surface area contributed by atoms with E-state index >= 15 is 0 Å². The van der Waals surface area contributed by atoms with Gasteiger partial charge in [-0.05, 0) is 12.2 Å². The van der Waals surface area contributed by atoms with Crippen molar-refractivity contribution in [3.63, 3.8) is 0 Å². The molecule has 1 amide bonds. The van der Waals surface area contributed by atoms with E-state index in [0.29, 0.717) is 5.75 Å². The summed E-state index contributed by atoms with van der Waals surface area (Å²) in [5.41, 5.74) is 6.45. The first-order chi connectivity index (χ1) is 7.90. The molecule has 7 N–H and O–H groups in total. The highest BCUT2D eigenvalue weighted by atomic mass is 32.2. The van der Waals surface area contributed by atoms with Crippen molar-refractivity contribution in [1.82, 2.24) is 5.48 Å². The van der Waals surface area contributed by atoms with E-state index < -0.39 is 30.1 Å². The topological polar surface area (TPSA) is 153 Å². The molecule has 0 aliphatic rings. The fourth-order valence-electron chi connectivity index (χ4n) is 0.870. The smallest absolute Gasteiger partial charge is 0.320 e. The summed E-state index contributed by atoms with van der Waals surface area (Å²) < 4.78 is 0. The van der Waals surface area contributed by atoms with Crippen LogP contribution < -0.4 is 11.2 Å². The fraction of sp³-hybridized carbons (Fsp3) is 0.750. The Morgan fingerprint density at radius 3 is 2.41 bits per heavy atom. The van der Waals surface area contributed by atoms with Gasteiger partial charge in [0.1, 0.15) is 6.04 Å². The van der Waals surface area contributed by atoms with Crippen molar-refractivity contribution in [3.05, 3.63) is 0 Å². The van der Waals surface area contributed by atoms with Crippen molar-refractivity contribution >= 4 is 23.6 Å². The molecule has 0 aromatic heterocycles. The molecule has 0 radical (unpaired) electrons. The number of carbonyl (C=O) groups is 2.